The van der Waals surface area contributed by atoms with Crippen molar-refractivity contribution in [3.63, 3.8) is 0 Å². The van der Waals surface area contributed by atoms with E-state index < -0.39 is 5.97 Å². The number of aromatic nitrogens is 1. The zero-order valence-electron chi connectivity index (χ0n) is 9.34. The van der Waals surface area contributed by atoms with E-state index in [1.54, 1.807) is 6.20 Å². The highest BCUT2D eigenvalue weighted by atomic mass is 16.4. The Balaban J connectivity index is 2.11. The monoisotopic (exact) mass is 227 g/mol. The van der Waals surface area contributed by atoms with E-state index in [1.165, 1.54) is 0 Å². The smallest absolute Gasteiger partial charge is 0.303 e. The lowest BCUT2D eigenvalue weighted by Gasteiger charge is -2.02. The average Bonchev–Trinajstić information content (AvgIpc) is 2.38. The molecule has 2 rings (SSSR count). The predicted octanol–water partition coefficient (Wildman–Crippen LogP) is 2.77. The number of nitrogens with zero attached hydrogens (tertiary/aromatic N) is 1. The Bertz CT molecular complexity index is 491. The van der Waals surface area contributed by atoms with Crippen molar-refractivity contribution in [3.05, 3.63) is 54.4 Å². The van der Waals surface area contributed by atoms with Gasteiger partial charge >= 0.3 is 5.97 Å². The maximum absolute atomic E-state index is 10.4. The molecular weight excluding hydrogens is 214 g/mol. The highest BCUT2D eigenvalue weighted by molar-refractivity contribution is 5.67. The van der Waals surface area contributed by atoms with Crippen LogP contribution in [0.4, 0.5) is 0 Å². The van der Waals surface area contributed by atoms with Crippen LogP contribution >= 0.6 is 0 Å². The Morgan fingerprint density at radius 1 is 1.06 bits per heavy atom. The topological polar surface area (TPSA) is 50.2 Å². The van der Waals surface area contributed by atoms with E-state index in [9.17, 15) is 4.79 Å². The summed E-state index contributed by atoms with van der Waals surface area (Å²) >= 11 is 0. The summed E-state index contributed by atoms with van der Waals surface area (Å²) in [6.07, 6.45) is 2.38. The van der Waals surface area contributed by atoms with Crippen molar-refractivity contribution in [1.29, 1.82) is 0 Å². The fraction of sp³-hybridized carbons (Fsp3) is 0.143. The van der Waals surface area contributed by atoms with Gasteiger partial charge < -0.3 is 5.11 Å². The van der Waals surface area contributed by atoms with E-state index in [4.69, 9.17) is 5.11 Å². The van der Waals surface area contributed by atoms with Crippen molar-refractivity contribution in [2.45, 2.75) is 12.8 Å². The second-order valence-corrected chi connectivity index (χ2v) is 3.80. The molecular formula is C14H13NO2. The largest absolute Gasteiger partial charge is 0.481 e. The minimum absolute atomic E-state index is 0.123. The molecule has 0 fully saturated rings. The fourth-order valence-corrected chi connectivity index (χ4v) is 1.61. The first-order valence-corrected chi connectivity index (χ1v) is 5.48. The molecule has 0 aliphatic heterocycles. The molecule has 0 spiro atoms. The highest BCUT2D eigenvalue weighted by Gasteiger charge is 2.01. The first kappa shape index (κ1) is 11.3. The van der Waals surface area contributed by atoms with E-state index in [0.717, 1.165) is 16.8 Å². The van der Waals surface area contributed by atoms with Gasteiger partial charge in [-0.2, -0.15) is 0 Å². The van der Waals surface area contributed by atoms with Crippen LogP contribution in [0.1, 0.15) is 12.1 Å². The maximum Gasteiger partial charge on any atom is 0.303 e. The number of rotatable bonds is 4. The molecule has 2 aromatic rings. The normalized spacial score (nSPS) is 10.1. The lowest BCUT2D eigenvalue weighted by Crippen LogP contribution is -1.98. The van der Waals surface area contributed by atoms with Gasteiger partial charge in [-0.15, -0.1) is 0 Å². The van der Waals surface area contributed by atoms with E-state index in [-0.39, 0.29) is 6.42 Å². The standard InChI is InChI=1S/C14H13NO2/c16-14(17)9-8-13-7-6-12(10-15-13)11-4-2-1-3-5-11/h1-7,10H,8-9H2,(H,16,17). The third-order valence-electron chi connectivity index (χ3n) is 2.53. The first-order chi connectivity index (χ1) is 8.25. The van der Waals surface area contributed by atoms with Crippen molar-refractivity contribution in [3.8, 4) is 11.1 Å². The van der Waals surface area contributed by atoms with Crippen LogP contribution in [-0.4, -0.2) is 16.1 Å². The van der Waals surface area contributed by atoms with E-state index in [0.29, 0.717) is 6.42 Å². The molecule has 3 nitrogen and oxygen atoms in total. The average molecular weight is 227 g/mol. The van der Waals surface area contributed by atoms with Crippen molar-refractivity contribution in [2.24, 2.45) is 0 Å². The number of hydrogen-bond acceptors (Lipinski definition) is 2. The fourth-order valence-electron chi connectivity index (χ4n) is 1.61. The van der Waals surface area contributed by atoms with Gasteiger partial charge in [0, 0.05) is 23.9 Å². The third-order valence-corrected chi connectivity index (χ3v) is 2.53. The molecule has 1 N–H and O–H groups in total. The molecule has 0 bridgehead atoms. The Hall–Kier alpha value is -2.16. The lowest BCUT2D eigenvalue weighted by molar-refractivity contribution is -0.136. The summed E-state index contributed by atoms with van der Waals surface area (Å²) < 4.78 is 0. The van der Waals surface area contributed by atoms with Gasteiger partial charge in [0.1, 0.15) is 0 Å². The summed E-state index contributed by atoms with van der Waals surface area (Å²) in [5.41, 5.74) is 2.97. The molecule has 0 saturated carbocycles. The van der Waals surface area contributed by atoms with E-state index >= 15 is 0 Å². The van der Waals surface area contributed by atoms with Crippen LogP contribution in [0.3, 0.4) is 0 Å². The summed E-state index contributed by atoms with van der Waals surface area (Å²) in [5.74, 6) is -0.793. The number of aryl methyl sites for hydroxylation is 1. The molecule has 0 aliphatic rings. The summed E-state index contributed by atoms with van der Waals surface area (Å²) in [7, 11) is 0. The molecule has 86 valence electrons. The van der Waals surface area contributed by atoms with Gasteiger partial charge in [0.25, 0.3) is 0 Å². The van der Waals surface area contributed by atoms with Crippen molar-refractivity contribution < 1.29 is 9.90 Å². The molecule has 1 heterocycles. The second kappa shape index (κ2) is 5.25. The number of benzene rings is 1. The lowest BCUT2D eigenvalue weighted by atomic mass is 10.1. The van der Waals surface area contributed by atoms with Crippen LogP contribution in [0.2, 0.25) is 0 Å². The van der Waals surface area contributed by atoms with Gasteiger partial charge in [0.2, 0.25) is 0 Å². The summed E-state index contributed by atoms with van der Waals surface area (Å²) in [5, 5.41) is 8.58. The molecule has 0 radical (unpaired) electrons. The highest BCUT2D eigenvalue weighted by Crippen LogP contribution is 2.17. The van der Waals surface area contributed by atoms with Crippen molar-refractivity contribution >= 4 is 5.97 Å². The molecule has 17 heavy (non-hydrogen) atoms. The molecule has 0 unspecified atom stereocenters. The van der Waals surface area contributed by atoms with Gasteiger partial charge in [-0.05, 0) is 11.6 Å². The van der Waals surface area contributed by atoms with Gasteiger partial charge in [-0.25, -0.2) is 0 Å². The SMILES string of the molecule is O=C(O)CCc1ccc(-c2ccccc2)cn1. The first-order valence-electron chi connectivity index (χ1n) is 5.48. The number of hydrogen-bond donors (Lipinski definition) is 1. The van der Waals surface area contributed by atoms with Crippen LogP contribution < -0.4 is 0 Å². The molecule has 0 aliphatic carbocycles. The van der Waals surface area contributed by atoms with E-state index in [1.807, 2.05) is 42.5 Å². The minimum Gasteiger partial charge on any atom is -0.481 e. The molecule has 0 atom stereocenters. The van der Waals surface area contributed by atoms with Crippen LogP contribution in [-0.2, 0) is 11.2 Å². The third kappa shape index (κ3) is 3.14. The van der Waals surface area contributed by atoms with Gasteiger partial charge in [-0.3, -0.25) is 9.78 Å². The Labute approximate surface area is 99.8 Å². The van der Waals surface area contributed by atoms with Crippen LogP contribution in [0, 0.1) is 0 Å². The molecule has 3 heteroatoms. The number of carboxylic acid groups (broad SMARTS) is 1. The number of carboxylic acids is 1. The van der Waals surface area contributed by atoms with Crippen molar-refractivity contribution in [2.75, 3.05) is 0 Å². The Morgan fingerprint density at radius 2 is 1.82 bits per heavy atom. The predicted molar refractivity (Wildman–Crippen MR) is 65.6 cm³/mol. The Kier molecular flexibility index (Phi) is 3.50. The minimum atomic E-state index is -0.793. The van der Waals surface area contributed by atoms with Crippen LogP contribution in [0.25, 0.3) is 11.1 Å². The molecule has 0 saturated heterocycles. The zero-order chi connectivity index (χ0) is 12.1. The molecule has 0 amide bonds. The van der Waals surface area contributed by atoms with Gasteiger partial charge in [-0.1, -0.05) is 36.4 Å². The van der Waals surface area contributed by atoms with Crippen LogP contribution in [0.5, 0.6) is 0 Å². The summed E-state index contributed by atoms with van der Waals surface area (Å²) in [6.45, 7) is 0. The number of carbonyl (C=O) groups is 1. The van der Waals surface area contributed by atoms with E-state index in [2.05, 4.69) is 4.98 Å². The molecule has 1 aromatic carbocycles. The van der Waals surface area contributed by atoms with Gasteiger partial charge in [0.05, 0.1) is 6.42 Å². The zero-order valence-corrected chi connectivity index (χ0v) is 9.34. The quantitative estimate of drug-likeness (QED) is 0.873. The number of aliphatic carboxylic acids is 1. The maximum atomic E-state index is 10.4. The Morgan fingerprint density at radius 3 is 2.41 bits per heavy atom. The van der Waals surface area contributed by atoms with Crippen molar-refractivity contribution in [1.82, 2.24) is 4.98 Å². The van der Waals surface area contributed by atoms with Gasteiger partial charge in [0.15, 0.2) is 0 Å². The summed E-state index contributed by atoms with van der Waals surface area (Å²) in [6, 6.07) is 13.8. The molecule has 1 aromatic heterocycles. The van der Waals surface area contributed by atoms with Crippen LogP contribution in [0.15, 0.2) is 48.7 Å². The second-order valence-electron chi connectivity index (χ2n) is 3.80. The number of pyridine rings is 1. The summed E-state index contributed by atoms with van der Waals surface area (Å²) in [4.78, 5) is 14.7.